The van der Waals surface area contributed by atoms with Gasteiger partial charge in [-0.15, -0.1) is 16.4 Å². The van der Waals surface area contributed by atoms with Crippen LogP contribution >= 0.6 is 11.3 Å². The molecule has 0 spiro atoms. The molecule has 4 rings (SSSR count). The van der Waals surface area contributed by atoms with Crippen molar-refractivity contribution in [1.82, 2.24) is 14.5 Å². The first-order valence-electron chi connectivity index (χ1n) is 8.87. The highest BCUT2D eigenvalue weighted by Gasteiger charge is 2.34. The molecule has 1 N–H and O–H groups in total. The van der Waals surface area contributed by atoms with E-state index in [-0.39, 0.29) is 22.7 Å². The number of rotatable bonds is 5. The molecule has 1 atom stereocenters. The maximum Gasteiger partial charge on any atom is 0.322 e. The van der Waals surface area contributed by atoms with Crippen LogP contribution < -0.4 is 5.32 Å². The van der Waals surface area contributed by atoms with Crippen LogP contribution in [-0.2, 0) is 14.8 Å². The van der Waals surface area contributed by atoms with E-state index in [0.29, 0.717) is 24.9 Å². The summed E-state index contributed by atoms with van der Waals surface area (Å²) in [4.78, 5) is 12.6. The van der Waals surface area contributed by atoms with Crippen molar-refractivity contribution in [3.63, 3.8) is 0 Å². The summed E-state index contributed by atoms with van der Waals surface area (Å²) in [6.07, 6.45) is 1.12. The average Bonchev–Trinajstić information content (AvgIpc) is 3.41. The molecule has 1 aliphatic rings. The van der Waals surface area contributed by atoms with Gasteiger partial charge >= 0.3 is 6.01 Å². The predicted octanol–water partition coefficient (Wildman–Crippen LogP) is 2.98. The molecule has 1 unspecified atom stereocenters. The third-order valence-corrected chi connectivity index (χ3v) is 7.81. The van der Waals surface area contributed by atoms with Crippen molar-refractivity contribution < 1.29 is 22.0 Å². The van der Waals surface area contributed by atoms with E-state index in [0.717, 1.165) is 11.3 Å². The Bertz CT molecular complexity index is 1110. The molecule has 152 valence electrons. The molecule has 0 aliphatic carbocycles. The lowest BCUT2D eigenvalue weighted by Crippen LogP contribution is -2.43. The van der Waals surface area contributed by atoms with E-state index in [9.17, 15) is 17.6 Å². The number of amides is 1. The predicted molar refractivity (Wildman–Crippen MR) is 104 cm³/mol. The first-order chi connectivity index (χ1) is 13.9. The Morgan fingerprint density at radius 2 is 2.14 bits per heavy atom. The van der Waals surface area contributed by atoms with Crippen molar-refractivity contribution >= 4 is 33.3 Å². The summed E-state index contributed by atoms with van der Waals surface area (Å²) in [5.74, 6) is -1.31. The average molecular weight is 436 g/mol. The van der Waals surface area contributed by atoms with Crippen molar-refractivity contribution in [3.05, 3.63) is 47.6 Å². The summed E-state index contributed by atoms with van der Waals surface area (Å²) in [6, 6.07) is 8.77. The summed E-state index contributed by atoms with van der Waals surface area (Å²) >= 11 is 1.15. The third kappa shape index (κ3) is 4.21. The highest BCUT2D eigenvalue weighted by Crippen LogP contribution is 2.27. The second-order valence-electron chi connectivity index (χ2n) is 6.55. The fraction of sp³-hybridized carbons (Fsp3) is 0.278. The van der Waals surface area contributed by atoms with Gasteiger partial charge in [-0.3, -0.25) is 10.1 Å². The Morgan fingerprint density at radius 3 is 2.90 bits per heavy atom. The molecule has 3 aromatic rings. The number of benzene rings is 1. The van der Waals surface area contributed by atoms with Crippen LogP contribution in [0.1, 0.15) is 12.8 Å². The third-order valence-electron chi connectivity index (χ3n) is 4.57. The van der Waals surface area contributed by atoms with Crippen LogP contribution in [0.5, 0.6) is 0 Å². The highest BCUT2D eigenvalue weighted by molar-refractivity contribution is 7.91. The SMILES string of the molecule is O=C(Nc1nnc(-c2cccc(F)c2)o1)C1CCCN(S(=O)(=O)c2cccs2)C1. The molecule has 11 heteroatoms. The number of carbonyl (C=O) groups is 1. The fourth-order valence-electron chi connectivity index (χ4n) is 3.13. The number of halogens is 1. The Labute approximate surface area is 170 Å². The molecule has 1 amide bonds. The number of thiophene rings is 1. The quantitative estimate of drug-likeness (QED) is 0.659. The van der Waals surface area contributed by atoms with Gasteiger partial charge in [-0.25, -0.2) is 12.8 Å². The van der Waals surface area contributed by atoms with Gasteiger partial charge in [0, 0.05) is 18.7 Å². The van der Waals surface area contributed by atoms with Gasteiger partial charge in [-0.1, -0.05) is 17.2 Å². The molecular formula is C18H17FN4O4S2. The maximum absolute atomic E-state index is 13.3. The molecule has 1 aliphatic heterocycles. The Hall–Kier alpha value is -2.63. The van der Waals surface area contributed by atoms with Gasteiger partial charge in [0.15, 0.2) is 0 Å². The van der Waals surface area contributed by atoms with Crippen molar-refractivity contribution in [3.8, 4) is 11.5 Å². The molecule has 1 aromatic carbocycles. The van der Waals surface area contributed by atoms with Crippen LogP contribution in [0.4, 0.5) is 10.4 Å². The minimum absolute atomic E-state index is 0.0744. The molecular weight excluding hydrogens is 419 g/mol. The minimum Gasteiger partial charge on any atom is -0.403 e. The number of anilines is 1. The second kappa shape index (κ2) is 8.01. The Balaban J connectivity index is 1.44. The van der Waals surface area contributed by atoms with Crippen LogP contribution in [0.15, 0.2) is 50.4 Å². The molecule has 0 radical (unpaired) electrons. The van der Waals surface area contributed by atoms with E-state index in [1.165, 1.54) is 22.5 Å². The van der Waals surface area contributed by atoms with Crippen molar-refractivity contribution in [2.24, 2.45) is 5.92 Å². The smallest absolute Gasteiger partial charge is 0.322 e. The number of nitrogens with one attached hydrogen (secondary N) is 1. The number of piperidine rings is 1. The number of sulfonamides is 1. The lowest BCUT2D eigenvalue weighted by Gasteiger charge is -2.30. The summed E-state index contributed by atoms with van der Waals surface area (Å²) < 4.78 is 45.7. The maximum atomic E-state index is 13.3. The number of hydrogen-bond acceptors (Lipinski definition) is 7. The zero-order valence-electron chi connectivity index (χ0n) is 15.1. The van der Waals surface area contributed by atoms with Crippen LogP contribution in [0.3, 0.4) is 0 Å². The van der Waals surface area contributed by atoms with E-state index in [4.69, 9.17) is 4.42 Å². The topological polar surface area (TPSA) is 105 Å². The highest BCUT2D eigenvalue weighted by atomic mass is 32.2. The molecule has 2 aromatic heterocycles. The first-order valence-corrected chi connectivity index (χ1v) is 11.2. The van der Waals surface area contributed by atoms with Crippen LogP contribution in [0.25, 0.3) is 11.5 Å². The van der Waals surface area contributed by atoms with Crippen molar-refractivity contribution in [2.45, 2.75) is 17.1 Å². The van der Waals surface area contributed by atoms with Gasteiger partial charge in [-0.2, -0.15) is 4.31 Å². The molecule has 29 heavy (non-hydrogen) atoms. The van der Waals surface area contributed by atoms with Gasteiger partial charge < -0.3 is 4.42 Å². The van der Waals surface area contributed by atoms with Crippen molar-refractivity contribution in [2.75, 3.05) is 18.4 Å². The fourth-order valence-corrected chi connectivity index (χ4v) is 5.80. The van der Waals surface area contributed by atoms with Crippen LogP contribution in [0, 0.1) is 11.7 Å². The van der Waals surface area contributed by atoms with E-state index >= 15 is 0 Å². The molecule has 1 fully saturated rings. The standard InChI is InChI=1S/C18H17FN4O4S2/c19-14-6-1-4-12(10-14)17-21-22-18(27-17)20-16(24)13-5-2-8-23(11-13)29(25,26)15-7-3-9-28-15/h1,3-4,6-7,9-10,13H,2,5,8,11H2,(H,20,22,24). The lowest BCUT2D eigenvalue weighted by atomic mass is 9.99. The van der Waals surface area contributed by atoms with Crippen LogP contribution in [0.2, 0.25) is 0 Å². The van der Waals surface area contributed by atoms with Gasteiger partial charge in [0.05, 0.1) is 5.92 Å². The monoisotopic (exact) mass is 436 g/mol. The number of hydrogen-bond donors (Lipinski definition) is 1. The number of carbonyl (C=O) groups excluding carboxylic acids is 1. The van der Waals surface area contributed by atoms with Gasteiger partial charge in [0.2, 0.25) is 11.8 Å². The van der Waals surface area contributed by atoms with Gasteiger partial charge in [0.25, 0.3) is 10.0 Å². The number of nitrogens with zero attached hydrogens (tertiary/aromatic N) is 3. The summed E-state index contributed by atoms with van der Waals surface area (Å²) in [7, 11) is -3.61. The summed E-state index contributed by atoms with van der Waals surface area (Å²) in [5, 5.41) is 11.8. The molecule has 0 bridgehead atoms. The van der Waals surface area contributed by atoms with E-state index < -0.39 is 27.7 Å². The van der Waals surface area contributed by atoms with E-state index in [2.05, 4.69) is 15.5 Å². The molecule has 0 saturated carbocycles. The lowest BCUT2D eigenvalue weighted by molar-refractivity contribution is -0.121. The summed E-state index contributed by atoms with van der Waals surface area (Å²) in [6.45, 7) is 0.450. The Kier molecular flexibility index (Phi) is 5.43. The largest absolute Gasteiger partial charge is 0.403 e. The van der Waals surface area contributed by atoms with Crippen LogP contribution in [-0.4, -0.2) is 41.9 Å². The minimum atomic E-state index is -3.61. The van der Waals surface area contributed by atoms with E-state index in [1.807, 2.05) is 0 Å². The second-order valence-corrected chi connectivity index (χ2v) is 9.66. The molecule has 3 heterocycles. The van der Waals surface area contributed by atoms with Crippen molar-refractivity contribution in [1.29, 1.82) is 0 Å². The molecule has 8 nitrogen and oxygen atoms in total. The normalized spacial score (nSPS) is 17.9. The number of aromatic nitrogens is 2. The van der Waals surface area contributed by atoms with E-state index in [1.54, 1.807) is 23.6 Å². The first kappa shape index (κ1) is 19.7. The van der Waals surface area contributed by atoms with Gasteiger partial charge in [-0.05, 0) is 42.5 Å². The Morgan fingerprint density at radius 1 is 1.28 bits per heavy atom. The summed E-state index contributed by atoms with van der Waals surface area (Å²) in [5.41, 5.74) is 0.392. The zero-order chi connectivity index (χ0) is 20.4. The molecule has 1 saturated heterocycles. The zero-order valence-corrected chi connectivity index (χ0v) is 16.7. The van der Waals surface area contributed by atoms with Gasteiger partial charge in [0.1, 0.15) is 10.0 Å².